The third-order valence-electron chi connectivity index (χ3n) is 1.96. The zero-order valence-electron chi connectivity index (χ0n) is 7.84. The molecule has 2 N–H and O–H groups in total. The normalized spacial score (nSPS) is 11.0. The SMILES string of the molecule is CNCCc1nc2ncc(F)cc2[nH]1. The van der Waals surface area contributed by atoms with E-state index in [1.54, 1.807) is 0 Å². The first-order chi connectivity index (χ1) is 6.79. The molecule has 0 fully saturated rings. The van der Waals surface area contributed by atoms with Gasteiger partial charge in [-0.1, -0.05) is 0 Å². The van der Waals surface area contributed by atoms with Gasteiger partial charge < -0.3 is 10.3 Å². The molecule has 0 aliphatic rings. The van der Waals surface area contributed by atoms with Crippen LogP contribution in [0, 0.1) is 5.82 Å². The van der Waals surface area contributed by atoms with Gasteiger partial charge in [0.1, 0.15) is 11.6 Å². The highest BCUT2D eigenvalue weighted by Crippen LogP contribution is 2.09. The van der Waals surface area contributed by atoms with Crippen LogP contribution in [-0.4, -0.2) is 28.5 Å². The van der Waals surface area contributed by atoms with E-state index in [0.29, 0.717) is 11.2 Å². The van der Waals surface area contributed by atoms with Crippen molar-refractivity contribution in [2.75, 3.05) is 13.6 Å². The molecule has 2 heterocycles. The summed E-state index contributed by atoms with van der Waals surface area (Å²) in [6, 6.07) is 1.40. The maximum Gasteiger partial charge on any atom is 0.177 e. The summed E-state index contributed by atoms with van der Waals surface area (Å²) >= 11 is 0. The lowest BCUT2D eigenvalue weighted by Gasteiger charge is -1.92. The Morgan fingerprint density at radius 1 is 1.57 bits per heavy atom. The van der Waals surface area contributed by atoms with Crippen LogP contribution in [0.4, 0.5) is 4.39 Å². The standard InChI is InChI=1S/C9H11FN4/c1-11-3-2-8-13-7-4-6(10)5-12-9(7)14-8/h4-5,11H,2-3H2,1H3,(H,12,13,14). The molecule has 0 unspecified atom stereocenters. The maximum absolute atomic E-state index is 12.8. The van der Waals surface area contributed by atoms with E-state index in [4.69, 9.17) is 0 Å². The molecule has 0 aliphatic heterocycles. The lowest BCUT2D eigenvalue weighted by Crippen LogP contribution is -2.10. The van der Waals surface area contributed by atoms with Crippen molar-refractivity contribution in [1.82, 2.24) is 20.3 Å². The highest BCUT2D eigenvalue weighted by molar-refractivity contribution is 5.70. The van der Waals surface area contributed by atoms with Crippen LogP contribution in [0.5, 0.6) is 0 Å². The quantitative estimate of drug-likeness (QED) is 0.762. The number of H-pyrrole nitrogens is 1. The molecule has 14 heavy (non-hydrogen) atoms. The number of pyridine rings is 1. The molecule has 0 bridgehead atoms. The van der Waals surface area contributed by atoms with E-state index in [-0.39, 0.29) is 5.82 Å². The minimum Gasteiger partial charge on any atom is -0.340 e. The first kappa shape index (κ1) is 9.08. The van der Waals surface area contributed by atoms with Gasteiger partial charge in [0.2, 0.25) is 0 Å². The Morgan fingerprint density at radius 2 is 2.43 bits per heavy atom. The van der Waals surface area contributed by atoms with Gasteiger partial charge in [-0.3, -0.25) is 0 Å². The van der Waals surface area contributed by atoms with Crippen molar-refractivity contribution in [2.24, 2.45) is 0 Å². The van der Waals surface area contributed by atoms with Gasteiger partial charge in [-0.2, -0.15) is 0 Å². The number of hydrogen-bond donors (Lipinski definition) is 2. The van der Waals surface area contributed by atoms with Crippen molar-refractivity contribution in [3.8, 4) is 0 Å². The van der Waals surface area contributed by atoms with Crippen LogP contribution >= 0.6 is 0 Å². The number of nitrogens with zero attached hydrogens (tertiary/aromatic N) is 2. The van der Waals surface area contributed by atoms with E-state index in [1.165, 1.54) is 12.3 Å². The van der Waals surface area contributed by atoms with Gasteiger partial charge in [-0.15, -0.1) is 0 Å². The summed E-state index contributed by atoms with van der Waals surface area (Å²) in [5.74, 6) is 0.480. The summed E-state index contributed by atoms with van der Waals surface area (Å²) in [5.41, 5.74) is 1.22. The number of halogens is 1. The second-order valence-corrected chi connectivity index (χ2v) is 3.06. The number of rotatable bonds is 3. The molecule has 0 amide bonds. The Labute approximate surface area is 80.6 Å². The van der Waals surface area contributed by atoms with E-state index in [1.807, 2.05) is 7.05 Å². The third kappa shape index (κ3) is 1.72. The number of fused-ring (bicyclic) bond motifs is 1. The van der Waals surface area contributed by atoms with Crippen molar-refractivity contribution in [3.05, 3.63) is 23.9 Å². The molecule has 74 valence electrons. The van der Waals surface area contributed by atoms with Crippen LogP contribution in [0.25, 0.3) is 11.2 Å². The predicted octanol–water partition coefficient (Wildman–Crippen LogP) is 0.859. The Hall–Kier alpha value is -1.49. The number of aromatic nitrogens is 3. The minimum absolute atomic E-state index is 0.346. The Balaban J connectivity index is 2.32. The molecule has 0 saturated heterocycles. The second-order valence-electron chi connectivity index (χ2n) is 3.06. The topological polar surface area (TPSA) is 53.6 Å². The molecule has 0 radical (unpaired) electrons. The molecule has 5 heteroatoms. The highest BCUT2D eigenvalue weighted by Gasteiger charge is 2.03. The molecule has 2 aromatic heterocycles. The molecular formula is C9H11FN4. The van der Waals surface area contributed by atoms with Crippen LogP contribution in [0.1, 0.15) is 5.82 Å². The van der Waals surface area contributed by atoms with Gasteiger partial charge >= 0.3 is 0 Å². The zero-order valence-corrected chi connectivity index (χ0v) is 7.84. The maximum atomic E-state index is 12.8. The first-order valence-electron chi connectivity index (χ1n) is 4.44. The van der Waals surface area contributed by atoms with Gasteiger partial charge in [0.05, 0.1) is 11.7 Å². The molecule has 0 spiro atoms. The van der Waals surface area contributed by atoms with Crippen LogP contribution in [0.2, 0.25) is 0 Å². The fourth-order valence-electron chi connectivity index (χ4n) is 1.29. The van der Waals surface area contributed by atoms with Gasteiger partial charge in [-0.05, 0) is 7.05 Å². The van der Waals surface area contributed by atoms with E-state index in [9.17, 15) is 4.39 Å². The molecule has 2 rings (SSSR count). The van der Waals surface area contributed by atoms with Gasteiger partial charge in [0.25, 0.3) is 0 Å². The van der Waals surface area contributed by atoms with E-state index < -0.39 is 0 Å². The van der Waals surface area contributed by atoms with Crippen molar-refractivity contribution >= 4 is 11.2 Å². The Bertz CT molecular complexity index is 437. The van der Waals surface area contributed by atoms with Crippen LogP contribution in [0.3, 0.4) is 0 Å². The number of nitrogens with one attached hydrogen (secondary N) is 2. The number of hydrogen-bond acceptors (Lipinski definition) is 3. The van der Waals surface area contributed by atoms with Gasteiger partial charge in [0, 0.05) is 19.0 Å². The number of imidazole rings is 1. The Morgan fingerprint density at radius 3 is 3.21 bits per heavy atom. The summed E-state index contributed by atoms with van der Waals surface area (Å²) in [5, 5.41) is 3.02. The smallest absolute Gasteiger partial charge is 0.177 e. The average molecular weight is 194 g/mol. The summed E-state index contributed by atoms with van der Waals surface area (Å²) < 4.78 is 12.8. The molecule has 0 aliphatic carbocycles. The highest BCUT2D eigenvalue weighted by atomic mass is 19.1. The summed E-state index contributed by atoms with van der Waals surface area (Å²) in [7, 11) is 1.88. The second kappa shape index (κ2) is 3.71. The summed E-state index contributed by atoms with van der Waals surface area (Å²) in [4.78, 5) is 11.1. The molecule has 0 aromatic carbocycles. The molecule has 2 aromatic rings. The lowest BCUT2D eigenvalue weighted by molar-refractivity contribution is 0.624. The fraction of sp³-hybridized carbons (Fsp3) is 0.333. The van der Waals surface area contributed by atoms with Crippen LogP contribution in [0.15, 0.2) is 12.3 Å². The monoisotopic (exact) mass is 194 g/mol. The van der Waals surface area contributed by atoms with E-state index >= 15 is 0 Å². The van der Waals surface area contributed by atoms with E-state index in [2.05, 4.69) is 20.3 Å². The zero-order chi connectivity index (χ0) is 9.97. The van der Waals surface area contributed by atoms with Crippen molar-refractivity contribution < 1.29 is 4.39 Å². The molecule has 4 nitrogen and oxygen atoms in total. The van der Waals surface area contributed by atoms with Gasteiger partial charge in [0.15, 0.2) is 5.65 Å². The largest absolute Gasteiger partial charge is 0.340 e. The van der Waals surface area contributed by atoms with Crippen molar-refractivity contribution in [2.45, 2.75) is 6.42 Å². The summed E-state index contributed by atoms with van der Waals surface area (Å²) in [6.07, 6.45) is 1.96. The van der Waals surface area contributed by atoms with Crippen molar-refractivity contribution in [1.29, 1.82) is 0 Å². The third-order valence-corrected chi connectivity index (χ3v) is 1.96. The molecular weight excluding hydrogens is 183 g/mol. The van der Waals surface area contributed by atoms with Crippen LogP contribution < -0.4 is 5.32 Å². The van der Waals surface area contributed by atoms with E-state index in [0.717, 1.165) is 18.8 Å². The number of likely N-dealkylation sites (N-methyl/N-ethyl adjacent to an activating group) is 1. The van der Waals surface area contributed by atoms with Gasteiger partial charge in [-0.25, -0.2) is 14.4 Å². The fourth-order valence-corrected chi connectivity index (χ4v) is 1.29. The van der Waals surface area contributed by atoms with Crippen LogP contribution in [-0.2, 0) is 6.42 Å². The first-order valence-corrected chi connectivity index (χ1v) is 4.44. The predicted molar refractivity (Wildman–Crippen MR) is 51.5 cm³/mol. The summed E-state index contributed by atoms with van der Waals surface area (Å²) in [6.45, 7) is 0.836. The lowest BCUT2D eigenvalue weighted by atomic mass is 10.4. The minimum atomic E-state index is -0.346. The number of aromatic amines is 1. The Kier molecular flexibility index (Phi) is 2.41. The average Bonchev–Trinajstić information content (AvgIpc) is 2.56. The molecule has 0 atom stereocenters. The van der Waals surface area contributed by atoms with Crippen molar-refractivity contribution in [3.63, 3.8) is 0 Å². The molecule has 0 saturated carbocycles.